The number of benzene rings is 1. The average Bonchev–Trinajstić information content (AvgIpc) is 2.56. The number of para-hydroxylation sites is 1. The number of rotatable bonds is 5. The first-order chi connectivity index (χ1) is 10.6. The number of nitrogens with one attached hydrogen (secondary N) is 2. The van der Waals surface area contributed by atoms with Gasteiger partial charge in [0.15, 0.2) is 0 Å². The number of carbonyl (C=O) groups is 1. The molecule has 0 saturated heterocycles. The first-order valence-corrected chi connectivity index (χ1v) is 6.96. The zero-order valence-corrected chi connectivity index (χ0v) is 13.3. The minimum absolute atomic E-state index is 0.260. The first kappa shape index (κ1) is 16.1. The third kappa shape index (κ3) is 3.47. The Kier molecular flexibility index (Phi) is 5.19. The van der Waals surface area contributed by atoms with Gasteiger partial charge < -0.3 is 10.6 Å². The van der Waals surface area contributed by atoms with E-state index in [0.717, 1.165) is 5.06 Å². The van der Waals surface area contributed by atoms with Crippen molar-refractivity contribution in [1.29, 1.82) is 0 Å². The highest BCUT2D eigenvalue weighted by Gasteiger charge is 2.16. The van der Waals surface area contributed by atoms with Crippen LogP contribution in [0.3, 0.4) is 0 Å². The van der Waals surface area contributed by atoms with E-state index < -0.39 is 0 Å². The van der Waals surface area contributed by atoms with Crippen LogP contribution in [0.2, 0.25) is 5.02 Å². The number of anilines is 3. The molecule has 0 radical (unpaired) electrons. The largest absolute Gasteiger partial charge is 0.373 e. The fourth-order valence-corrected chi connectivity index (χ4v) is 2.00. The summed E-state index contributed by atoms with van der Waals surface area (Å²) in [4.78, 5) is 21.4. The Morgan fingerprint density at radius 3 is 2.73 bits per heavy atom. The number of pyridine rings is 1. The second kappa shape index (κ2) is 7.11. The number of halogens is 1. The Bertz CT molecular complexity index is 678. The van der Waals surface area contributed by atoms with Crippen LogP contribution < -0.4 is 10.6 Å². The number of amides is 1. The van der Waals surface area contributed by atoms with Crippen LogP contribution in [0, 0.1) is 0 Å². The molecule has 0 unspecified atom stereocenters. The van der Waals surface area contributed by atoms with Crippen molar-refractivity contribution in [1.82, 2.24) is 10.0 Å². The van der Waals surface area contributed by atoms with E-state index in [1.54, 1.807) is 44.6 Å². The van der Waals surface area contributed by atoms with Crippen LogP contribution >= 0.6 is 11.6 Å². The number of nitrogens with zero attached hydrogens (tertiary/aromatic N) is 2. The highest BCUT2D eigenvalue weighted by molar-refractivity contribution is 6.33. The summed E-state index contributed by atoms with van der Waals surface area (Å²) in [5.74, 6) is 0.411. The lowest BCUT2D eigenvalue weighted by Crippen LogP contribution is -2.26. The van der Waals surface area contributed by atoms with Crippen molar-refractivity contribution in [3.05, 3.63) is 47.1 Å². The molecule has 0 spiro atoms. The zero-order valence-electron chi connectivity index (χ0n) is 12.6. The van der Waals surface area contributed by atoms with E-state index in [1.165, 1.54) is 7.11 Å². The molecule has 0 saturated carbocycles. The van der Waals surface area contributed by atoms with Gasteiger partial charge in [-0.15, -0.1) is 0 Å². The smallest absolute Gasteiger partial charge is 0.279 e. The van der Waals surface area contributed by atoms with Crippen LogP contribution in [-0.2, 0) is 4.84 Å². The summed E-state index contributed by atoms with van der Waals surface area (Å²) in [7, 11) is 4.76. The van der Waals surface area contributed by atoms with Gasteiger partial charge in [0.05, 0.1) is 35.3 Å². The van der Waals surface area contributed by atoms with Crippen LogP contribution in [0.5, 0.6) is 0 Å². The molecule has 0 atom stereocenters. The fraction of sp³-hybridized carbons (Fsp3) is 0.200. The van der Waals surface area contributed by atoms with Crippen LogP contribution in [0.1, 0.15) is 10.4 Å². The molecule has 1 aromatic heterocycles. The molecule has 1 heterocycles. The first-order valence-electron chi connectivity index (χ1n) is 6.58. The molecule has 0 aliphatic rings. The Morgan fingerprint density at radius 1 is 1.32 bits per heavy atom. The van der Waals surface area contributed by atoms with Crippen molar-refractivity contribution in [2.24, 2.45) is 0 Å². The maximum atomic E-state index is 12.3. The Hall–Kier alpha value is -2.31. The number of hydroxylamine groups is 2. The van der Waals surface area contributed by atoms with Crippen LogP contribution in [0.15, 0.2) is 36.5 Å². The van der Waals surface area contributed by atoms with E-state index in [-0.39, 0.29) is 5.91 Å². The van der Waals surface area contributed by atoms with Gasteiger partial charge in [0.25, 0.3) is 5.91 Å². The van der Waals surface area contributed by atoms with Gasteiger partial charge >= 0.3 is 0 Å². The van der Waals surface area contributed by atoms with Crippen molar-refractivity contribution < 1.29 is 9.63 Å². The molecule has 116 valence electrons. The summed E-state index contributed by atoms with van der Waals surface area (Å²) in [5, 5.41) is 7.72. The highest BCUT2D eigenvalue weighted by atomic mass is 35.5. The molecule has 2 N–H and O–H groups in total. The summed E-state index contributed by atoms with van der Waals surface area (Å²) in [6.07, 6.45) is 1.54. The minimum atomic E-state index is -0.260. The lowest BCUT2D eigenvalue weighted by Gasteiger charge is -2.17. The lowest BCUT2D eigenvalue weighted by atomic mass is 10.1. The maximum absolute atomic E-state index is 12.3. The molecule has 0 fully saturated rings. The summed E-state index contributed by atoms with van der Waals surface area (Å²) in [6.45, 7) is 0. The fourth-order valence-electron chi connectivity index (χ4n) is 1.85. The Morgan fingerprint density at radius 2 is 2.05 bits per heavy atom. The third-order valence-electron chi connectivity index (χ3n) is 3.10. The molecule has 22 heavy (non-hydrogen) atoms. The summed E-state index contributed by atoms with van der Waals surface area (Å²) in [5.41, 5.74) is 1.76. The predicted octanol–water partition coefficient (Wildman–Crippen LogP) is 3.15. The Labute approximate surface area is 134 Å². The van der Waals surface area contributed by atoms with Crippen molar-refractivity contribution in [2.75, 3.05) is 31.8 Å². The van der Waals surface area contributed by atoms with Gasteiger partial charge in [-0.25, -0.2) is 10.0 Å². The van der Waals surface area contributed by atoms with E-state index in [9.17, 15) is 4.79 Å². The standard InChI is InChI=1S/C15H17ClN4O2/c1-17-14-8-13(11(16)9-18-14)19-12-7-5-4-6-10(12)15(21)20(2)22-3/h4-9H,1-3H3,(H2,17,18,19). The molecule has 2 aromatic rings. The number of aromatic nitrogens is 1. The molecule has 1 amide bonds. The molecule has 0 bridgehead atoms. The number of hydrogen-bond acceptors (Lipinski definition) is 5. The molecule has 2 rings (SSSR count). The number of carbonyl (C=O) groups excluding carboxylic acids is 1. The van der Waals surface area contributed by atoms with Crippen molar-refractivity contribution in [3.8, 4) is 0 Å². The monoisotopic (exact) mass is 320 g/mol. The second-order valence-corrected chi connectivity index (χ2v) is 4.86. The van der Waals surface area contributed by atoms with E-state index >= 15 is 0 Å². The van der Waals surface area contributed by atoms with Crippen molar-refractivity contribution >= 4 is 34.7 Å². The van der Waals surface area contributed by atoms with Gasteiger partial charge in [-0.2, -0.15) is 0 Å². The quantitative estimate of drug-likeness (QED) is 0.828. The molecule has 0 aliphatic carbocycles. The molecule has 6 nitrogen and oxygen atoms in total. The number of hydrogen-bond donors (Lipinski definition) is 2. The molecule has 0 aliphatic heterocycles. The van der Waals surface area contributed by atoms with Gasteiger partial charge in [-0.3, -0.25) is 9.63 Å². The minimum Gasteiger partial charge on any atom is -0.373 e. The van der Waals surface area contributed by atoms with Gasteiger partial charge in [0.1, 0.15) is 5.82 Å². The maximum Gasteiger partial charge on any atom is 0.279 e. The normalized spacial score (nSPS) is 10.2. The highest BCUT2D eigenvalue weighted by Crippen LogP contribution is 2.28. The van der Waals surface area contributed by atoms with E-state index in [0.29, 0.717) is 27.8 Å². The van der Waals surface area contributed by atoms with E-state index in [4.69, 9.17) is 16.4 Å². The van der Waals surface area contributed by atoms with E-state index in [2.05, 4.69) is 15.6 Å². The van der Waals surface area contributed by atoms with E-state index in [1.807, 2.05) is 6.07 Å². The SMILES string of the molecule is CNc1cc(Nc2ccccc2C(=O)N(C)OC)c(Cl)cn1. The van der Waals surface area contributed by atoms with Crippen molar-refractivity contribution in [3.63, 3.8) is 0 Å². The summed E-state index contributed by atoms with van der Waals surface area (Å²) < 4.78 is 0. The van der Waals surface area contributed by atoms with Gasteiger partial charge in [0.2, 0.25) is 0 Å². The summed E-state index contributed by atoms with van der Waals surface area (Å²) in [6, 6.07) is 8.90. The molecule has 7 heteroatoms. The lowest BCUT2D eigenvalue weighted by molar-refractivity contribution is -0.0756. The van der Waals surface area contributed by atoms with Gasteiger partial charge in [0, 0.05) is 20.2 Å². The second-order valence-electron chi connectivity index (χ2n) is 4.46. The summed E-state index contributed by atoms with van der Waals surface area (Å²) >= 11 is 6.15. The molecular formula is C15H17ClN4O2. The van der Waals surface area contributed by atoms with Crippen LogP contribution in [0.4, 0.5) is 17.2 Å². The third-order valence-corrected chi connectivity index (χ3v) is 3.40. The van der Waals surface area contributed by atoms with Gasteiger partial charge in [-0.05, 0) is 12.1 Å². The van der Waals surface area contributed by atoms with Crippen LogP contribution in [0.25, 0.3) is 0 Å². The zero-order chi connectivity index (χ0) is 16.1. The van der Waals surface area contributed by atoms with Crippen molar-refractivity contribution in [2.45, 2.75) is 0 Å². The molecule has 1 aromatic carbocycles. The van der Waals surface area contributed by atoms with Crippen LogP contribution in [-0.4, -0.2) is 37.2 Å². The Balaban J connectivity index is 2.36. The van der Waals surface area contributed by atoms with Gasteiger partial charge in [-0.1, -0.05) is 23.7 Å². The topological polar surface area (TPSA) is 66.5 Å². The predicted molar refractivity (Wildman–Crippen MR) is 87.6 cm³/mol. The average molecular weight is 321 g/mol. The molecular weight excluding hydrogens is 304 g/mol.